The number of methoxy groups -OCH3 is 1. The number of nitrogen functional groups attached to an aromatic ring is 1. The van der Waals surface area contributed by atoms with Crippen LogP contribution in [0.2, 0.25) is 0 Å². The van der Waals surface area contributed by atoms with Gasteiger partial charge in [-0.15, -0.1) is 0 Å². The number of hydrogen-bond acceptors (Lipinski definition) is 7. The number of alkyl halides is 3. The largest absolute Gasteiger partial charge is 0.471 e. The van der Waals surface area contributed by atoms with Gasteiger partial charge in [0.1, 0.15) is 13.1 Å². The van der Waals surface area contributed by atoms with Crippen molar-refractivity contribution < 1.29 is 41.7 Å². The molecule has 258 valence electrons. The summed E-state index contributed by atoms with van der Waals surface area (Å²) in [4.78, 5) is 53.4. The molecule has 4 rings (SSSR count). The Labute approximate surface area is 278 Å². The Morgan fingerprint density at radius 2 is 1.71 bits per heavy atom. The number of amides is 3. The molecule has 3 amide bonds. The molecule has 0 fully saturated rings. The number of benzene rings is 3. The van der Waals surface area contributed by atoms with Gasteiger partial charge in [0.2, 0.25) is 17.1 Å². The van der Waals surface area contributed by atoms with Gasteiger partial charge in [-0.2, -0.15) is 17.7 Å². The van der Waals surface area contributed by atoms with E-state index >= 15 is 0 Å². The summed E-state index contributed by atoms with van der Waals surface area (Å²) in [6, 6.07) is 15.3. The minimum absolute atomic E-state index is 0.0506. The molecule has 0 aliphatic heterocycles. The van der Waals surface area contributed by atoms with Crippen LogP contribution in [0.1, 0.15) is 29.6 Å². The molecule has 9 N–H and O–H groups in total. The zero-order valence-electron chi connectivity index (χ0n) is 26.7. The van der Waals surface area contributed by atoms with E-state index in [0.717, 1.165) is 10.9 Å². The fourth-order valence-electron chi connectivity index (χ4n) is 5.32. The van der Waals surface area contributed by atoms with E-state index in [-0.39, 0.29) is 43.1 Å². The van der Waals surface area contributed by atoms with Crippen LogP contribution in [-0.4, -0.2) is 62.1 Å². The van der Waals surface area contributed by atoms with Crippen molar-refractivity contribution in [2.75, 3.05) is 31.2 Å². The van der Waals surface area contributed by atoms with Crippen LogP contribution in [0.25, 0.3) is 32.9 Å². The third-order valence-corrected chi connectivity index (χ3v) is 7.60. The Kier molecular flexibility index (Phi) is 11.2. The first-order valence-electron chi connectivity index (χ1n) is 15.0. The van der Waals surface area contributed by atoms with Crippen molar-refractivity contribution in [1.82, 2.24) is 10.6 Å². The van der Waals surface area contributed by atoms with Gasteiger partial charge in [0.25, 0.3) is 5.91 Å². The Balaban J connectivity index is 1.56. The summed E-state index contributed by atoms with van der Waals surface area (Å²) < 4.78 is 45.6. The second kappa shape index (κ2) is 15.3. The standard InChI is InChI=1S/C33H35F3N8O5/c1-44-26-16-20(37)8-10-23(26)22-11-9-21(42-31(48)33(34,35)36)17-24(22)28(44)18-5-3-6-19(15-18)29(46)40-14-12-27(45)43-25(30(47)49-2)7-4-13-41-32(38)39/h3,5-6,8-11,15-17,25,37H,4,7,12-14H2,1-2H3,(H7,38,39,40,41,42,43,45,46,48)/p+1. The minimum atomic E-state index is -5.08. The summed E-state index contributed by atoms with van der Waals surface area (Å²) in [7, 11) is 2.96. The molecule has 3 aromatic carbocycles. The molecule has 13 nitrogen and oxygen atoms in total. The van der Waals surface area contributed by atoms with Crippen molar-refractivity contribution in [3.8, 4) is 11.3 Å². The number of guanidine groups is 1. The molecule has 0 aliphatic carbocycles. The Morgan fingerprint density at radius 1 is 0.980 bits per heavy atom. The molecule has 1 unspecified atom stereocenters. The fraction of sp³-hybridized carbons (Fsp3) is 0.273. The molecule has 0 radical (unpaired) electrons. The zero-order chi connectivity index (χ0) is 35.9. The van der Waals surface area contributed by atoms with Gasteiger partial charge in [-0.25, -0.2) is 4.79 Å². The van der Waals surface area contributed by atoms with Crippen LogP contribution in [0.15, 0.2) is 65.7 Å². The van der Waals surface area contributed by atoms with Gasteiger partial charge in [0, 0.05) is 53.5 Å². The van der Waals surface area contributed by atoms with E-state index in [1.165, 1.54) is 19.2 Å². The summed E-state index contributed by atoms with van der Waals surface area (Å²) in [5.74, 6) is -3.82. The molecule has 0 saturated heterocycles. The number of nitrogens with one attached hydrogen (secondary N) is 3. The number of nitrogens with zero attached hydrogens (tertiary/aromatic N) is 2. The number of aromatic nitrogens is 1. The third-order valence-electron chi connectivity index (χ3n) is 7.60. The lowest BCUT2D eigenvalue weighted by Gasteiger charge is -2.16. The highest BCUT2D eigenvalue weighted by atomic mass is 19.4. The normalized spacial score (nSPS) is 11.9. The quantitative estimate of drug-likeness (QED) is 0.0248. The first-order chi connectivity index (χ1) is 23.2. The highest BCUT2D eigenvalue weighted by molar-refractivity contribution is 6.11. The van der Waals surface area contributed by atoms with Crippen LogP contribution in [0, 0.1) is 0 Å². The van der Waals surface area contributed by atoms with E-state index in [9.17, 15) is 32.3 Å². The molecular formula is C33H36F3N8O5+. The van der Waals surface area contributed by atoms with E-state index in [0.29, 0.717) is 34.1 Å². The molecular weight excluding hydrogens is 645 g/mol. The molecule has 0 aliphatic rings. The molecule has 4 aromatic rings. The summed E-state index contributed by atoms with van der Waals surface area (Å²) >= 11 is 0. The van der Waals surface area contributed by atoms with Gasteiger partial charge in [0.05, 0.1) is 17.9 Å². The highest BCUT2D eigenvalue weighted by Crippen LogP contribution is 2.34. The molecule has 0 saturated carbocycles. The van der Waals surface area contributed by atoms with Crippen molar-refractivity contribution in [2.45, 2.75) is 31.5 Å². The monoisotopic (exact) mass is 681 g/mol. The Bertz CT molecular complexity index is 1940. The summed E-state index contributed by atoms with van der Waals surface area (Å²) in [6.07, 6.45) is -4.57. The number of esters is 1. The number of anilines is 2. The number of fused-ring (bicyclic) bond motifs is 3. The first kappa shape index (κ1) is 35.9. The molecule has 1 aromatic heterocycles. The van der Waals surface area contributed by atoms with E-state index in [1.807, 2.05) is 5.32 Å². The topological polar surface area (TPSA) is 208 Å². The summed E-state index contributed by atoms with van der Waals surface area (Å²) in [5, 5.41) is 9.12. The minimum Gasteiger partial charge on any atom is -0.467 e. The Hall–Kier alpha value is -5.93. The van der Waals surface area contributed by atoms with E-state index in [1.54, 1.807) is 60.1 Å². The van der Waals surface area contributed by atoms with Gasteiger partial charge in [-0.1, -0.05) is 12.1 Å². The maximum Gasteiger partial charge on any atom is 0.471 e. The van der Waals surface area contributed by atoms with Crippen LogP contribution < -0.4 is 37.7 Å². The van der Waals surface area contributed by atoms with Crippen LogP contribution in [0.5, 0.6) is 0 Å². The van der Waals surface area contributed by atoms with Crippen molar-refractivity contribution in [1.29, 1.82) is 0 Å². The summed E-state index contributed by atoms with van der Waals surface area (Å²) in [6.45, 7) is 0.211. The molecule has 1 heterocycles. The van der Waals surface area contributed by atoms with Crippen LogP contribution >= 0.6 is 0 Å². The van der Waals surface area contributed by atoms with E-state index in [4.69, 9.17) is 21.9 Å². The molecule has 1 atom stereocenters. The number of rotatable bonds is 12. The van der Waals surface area contributed by atoms with Crippen molar-refractivity contribution in [3.63, 3.8) is 0 Å². The third kappa shape index (κ3) is 8.91. The number of halogens is 3. The fourth-order valence-corrected chi connectivity index (χ4v) is 5.32. The highest BCUT2D eigenvalue weighted by Gasteiger charge is 2.38. The smallest absolute Gasteiger partial charge is 0.467 e. The Morgan fingerprint density at radius 3 is 2.41 bits per heavy atom. The maximum absolute atomic E-state index is 13.2. The van der Waals surface area contributed by atoms with E-state index in [2.05, 4.69) is 15.6 Å². The van der Waals surface area contributed by atoms with Gasteiger partial charge in [-0.05, 0) is 55.3 Å². The van der Waals surface area contributed by atoms with Gasteiger partial charge in [0.15, 0.2) is 5.96 Å². The second-order valence-electron chi connectivity index (χ2n) is 11.1. The number of ether oxygens (including phenoxy) is 1. The average Bonchev–Trinajstić information content (AvgIpc) is 3.05. The average molecular weight is 682 g/mol. The molecule has 16 heteroatoms. The maximum atomic E-state index is 13.2. The van der Waals surface area contributed by atoms with Crippen molar-refractivity contribution >= 4 is 62.7 Å². The first-order valence-corrected chi connectivity index (χ1v) is 15.0. The number of hydrogen-bond donors (Lipinski definition) is 6. The number of carbonyl (C=O) groups excluding carboxylic acids is 4. The lowest BCUT2D eigenvalue weighted by atomic mass is 9.97. The summed E-state index contributed by atoms with van der Waals surface area (Å²) in [5.41, 5.74) is 19.2. The number of aliphatic imine (C=N–C) groups is 1. The SMILES string of the molecule is COC(=O)C(CCCN=C(N)N)NC(=O)CCNC(=O)c1cccc(-c2c3cc(NC(=O)C(F)(F)F)ccc3c3ccc(N)cc3[n+]2C)c1. The van der Waals surface area contributed by atoms with Crippen LogP contribution in [0.4, 0.5) is 24.5 Å². The van der Waals surface area contributed by atoms with Crippen LogP contribution in [0.3, 0.4) is 0 Å². The van der Waals surface area contributed by atoms with Crippen molar-refractivity contribution in [2.24, 2.45) is 23.5 Å². The number of aryl methyl sites for hydroxylation is 1. The van der Waals surface area contributed by atoms with Gasteiger partial charge >= 0.3 is 18.1 Å². The molecule has 49 heavy (non-hydrogen) atoms. The number of carbonyl (C=O) groups is 4. The van der Waals surface area contributed by atoms with Crippen LogP contribution in [-0.2, 0) is 26.2 Å². The predicted molar refractivity (Wildman–Crippen MR) is 178 cm³/mol. The lowest BCUT2D eigenvalue weighted by Crippen LogP contribution is -2.42. The number of nitrogens with two attached hydrogens (primary N) is 3. The lowest BCUT2D eigenvalue weighted by molar-refractivity contribution is -0.632. The second-order valence-corrected chi connectivity index (χ2v) is 11.1. The van der Waals surface area contributed by atoms with Gasteiger partial charge < -0.3 is 37.9 Å². The molecule has 0 bridgehead atoms. The predicted octanol–water partition coefficient (Wildman–Crippen LogP) is 2.40. The number of pyridine rings is 1. The van der Waals surface area contributed by atoms with E-state index < -0.39 is 35.9 Å². The molecule has 0 spiro atoms. The van der Waals surface area contributed by atoms with Crippen molar-refractivity contribution in [3.05, 3.63) is 66.2 Å². The zero-order valence-corrected chi connectivity index (χ0v) is 26.7. The van der Waals surface area contributed by atoms with Gasteiger partial charge in [-0.3, -0.25) is 19.4 Å².